The molecule has 0 saturated carbocycles. The Morgan fingerprint density at radius 1 is 1.24 bits per heavy atom. The zero-order valence-electron chi connectivity index (χ0n) is 9.97. The summed E-state index contributed by atoms with van der Waals surface area (Å²) in [5.41, 5.74) is 6.51. The summed E-state index contributed by atoms with van der Waals surface area (Å²) in [5, 5.41) is 0. The third-order valence-corrected chi connectivity index (χ3v) is 2.19. The van der Waals surface area contributed by atoms with E-state index in [1.54, 1.807) is 38.4 Å². The van der Waals surface area contributed by atoms with Gasteiger partial charge in [0.15, 0.2) is 0 Å². The summed E-state index contributed by atoms with van der Waals surface area (Å²) in [7, 11) is 3.31. The summed E-state index contributed by atoms with van der Waals surface area (Å²) >= 11 is 0. The largest absolute Gasteiger partial charge is 0.462 e. The minimum atomic E-state index is -0.448. The summed E-state index contributed by atoms with van der Waals surface area (Å²) in [4.78, 5) is 24.2. The lowest BCUT2D eigenvalue weighted by Gasteiger charge is -2.10. The van der Waals surface area contributed by atoms with Crippen LogP contribution in [0.2, 0.25) is 0 Å². The Morgan fingerprint density at radius 3 is 2.35 bits per heavy atom. The molecule has 5 nitrogen and oxygen atoms in total. The van der Waals surface area contributed by atoms with Gasteiger partial charge in [0.1, 0.15) is 6.61 Å². The first kappa shape index (κ1) is 13.0. The van der Waals surface area contributed by atoms with Crippen molar-refractivity contribution in [2.24, 2.45) is 0 Å². The van der Waals surface area contributed by atoms with Crippen LogP contribution in [0.3, 0.4) is 0 Å². The highest BCUT2D eigenvalue weighted by molar-refractivity contribution is 5.89. The number of rotatable bonds is 4. The van der Waals surface area contributed by atoms with Gasteiger partial charge in [-0.1, -0.05) is 0 Å². The normalized spacial score (nSPS) is 9.76. The molecule has 2 N–H and O–H groups in total. The zero-order chi connectivity index (χ0) is 12.8. The highest BCUT2D eigenvalue weighted by atomic mass is 16.5. The second kappa shape index (κ2) is 5.89. The van der Waals surface area contributed by atoms with Crippen LogP contribution in [0.5, 0.6) is 0 Å². The number of amides is 1. The quantitative estimate of drug-likeness (QED) is 0.622. The highest BCUT2D eigenvalue weighted by Gasteiger charge is 2.09. The molecule has 0 bridgehead atoms. The van der Waals surface area contributed by atoms with Gasteiger partial charge >= 0.3 is 5.97 Å². The van der Waals surface area contributed by atoms with E-state index in [2.05, 4.69) is 0 Å². The first-order chi connectivity index (χ1) is 8.00. The molecule has 1 aromatic rings. The van der Waals surface area contributed by atoms with Crippen LogP contribution in [0.1, 0.15) is 16.8 Å². The lowest BCUT2D eigenvalue weighted by Crippen LogP contribution is -2.23. The van der Waals surface area contributed by atoms with Gasteiger partial charge in [-0.15, -0.1) is 0 Å². The highest BCUT2D eigenvalue weighted by Crippen LogP contribution is 2.07. The van der Waals surface area contributed by atoms with Crippen molar-refractivity contribution in [1.29, 1.82) is 0 Å². The average molecular weight is 236 g/mol. The SMILES string of the molecule is CN(C)C(=O)CCOC(=O)c1ccc(N)cc1. The van der Waals surface area contributed by atoms with Gasteiger partial charge in [-0.2, -0.15) is 0 Å². The molecule has 1 amide bonds. The number of ether oxygens (including phenoxy) is 1. The Kier molecular flexibility index (Phi) is 4.51. The first-order valence-electron chi connectivity index (χ1n) is 5.23. The summed E-state index contributed by atoms with van der Waals surface area (Å²) in [6, 6.07) is 6.43. The van der Waals surface area contributed by atoms with Gasteiger partial charge in [-0.3, -0.25) is 4.79 Å². The second-order valence-electron chi connectivity index (χ2n) is 3.80. The molecule has 0 aliphatic carbocycles. The Labute approximate surface area is 100 Å². The standard InChI is InChI=1S/C12H16N2O3/c1-14(2)11(15)7-8-17-12(16)9-3-5-10(13)6-4-9/h3-6H,7-8,13H2,1-2H3. The Bertz CT molecular complexity index is 399. The minimum absolute atomic E-state index is 0.0740. The molecule has 0 aliphatic heterocycles. The molecule has 0 fully saturated rings. The van der Waals surface area contributed by atoms with E-state index >= 15 is 0 Å². The van der Waals surface area contributed by atoms with E-state index in [-0.39, 0.29) is 18.9 Å². The minimum Gasteiger partial charge on any atom is -0.462 e. The molecule has 1 rings (SSSR count). The molecule has 5 heteroatoms. The van der Waals surface area contributed by atoms with Gasteiger partial charge in [0.05, 0.1) is 12.0 Å². The maximum Gasteiger partial charge on any atom is 0.338 e. The number of hydrogen-bond acceptors (Lipinski definition) is 4. The molecule has 0 spiro atoms. The van der Waals surface area contributed by atoms with Crippen molar-refractivity contribution < 1.29 is 14.3 Å². The number of esters is 1. The molecular formula is C12H16N2O3. The molecule has 0 aliphatic rings. The average Bonchev–Trinajstić information content (AvgIpc) is 2.29. The molecule has 0 heterocycles. The van der Waals surface area contributed by atoms with Crippen LogP contribution < -0.4 is 5.73 Å². The van der Waals surface area contributed by atoms with Gasteiger partial charge < -0.3 is 15.4 Å². The number of nitrogens with zero attached hydrogens (tertiary/aromatic N) is 1. The van der Waals surface area contributed by atoms with E-state index in [1.165, 1.54) is 4.90 Å². The summed E-state index contributed by atoms with van der Waals surface area (Å²) < 4.78 is 4.96. The number of anilines is 1. The van der Waals surface area contributed by atoms with Crippen LogP contribution in [0.15, 0.2) is 24.3 Å². The molecule has 0 unspecified atom stereocenters. The smallest absolute Gasteiger partial charge is 0.338 e. The lowest BCUT2D eigenvalue weighted by atomic mass is 10.2. The van der Waals surface area contributed by atoms with Crippen molar-refractivity contribution >= 4 is 17.6 Å². The van der Waals surface area contributed by atoms with Crippen molar-refractivity contribution in [1.82, 2.24) is 4.90 Å². The van der Waals surface area contributed by atoms with Crippen molar-refractivity contribution in [3.63, 3.8) is 0 Å². The van der Waals surface area contributed by atoms with E-state index in [0.717, 1.165) is 0 Å². The van der Waals surface area contributed by atoms with Gasteiger partial charge in [0, 0.05) is 19.8 Å². The molecule has 0 saturated heterocycles. The van der Waals surface area contributed by atoms with E-state index in [0.29, 0.717) is 11.3 Å². The monoisotopic (exact) mass is 236 g/mol. The number of nitrogens with two attached hydrogens (primary N) is 1. The number of benzene rings is 1. The van der Waals surface area contributed by atoms with E-state index in [1.807, 2.05) is 0 Å². The summed E-state index contributed by atoms with van der Waals surface area (Å²) in [6.45, 7) is 0.0836. The predicted molar refractivity (Wildman–Crippen MR) is 64.4 cm³/mol. The van der Waals surface area contributed by atoms with Crippen molar-refractivity contribution in [3.8, 4) is 0 Å². The fourth-order valence-electron chi connectivity index (χ4n) is 1.16. The molecule has 17 heavy (non-hydrogen) atoms. The van der Waals surface area contributed by atoms with Crippen molar-refractivity contribution in [2.45, 2.75) is 6.42 Å². The van der Waals surface area contributed by atoms with Gasteiger partial charge in [-0.25, -0.2) is 4.79 Å². The number of carbonyl (C=O) groups is 2. The van der Waals surface area contributed by atoms with Gasteiger partial charge in [0.25, 0.3) is 0 Å². The lowest BCUT2D eigenvalue weighted by molar-refractivity contribution is -0.129. The van der Waals surface area contributed by atoms with Crippen molar-refractivity contribution in [2.75, 3.05) is 26.4 Å². The van der Waals surface area contributed by atoms with Gasteiger partial charge in [-0.05, 0) is 24.3 Å². The molecule has 92 valence electrons. The van der Waals surface area contributed by atoms with Crippen LogP contribution in [-0.2, 0) is 9.53 Å². The van der Waals surface area contributed by atoms with Crippen LogP contribution in [-0.4, -0.2) is 37.5 Å². The number of hydrogen-bond donors (Lipinski definition) is 1. The molecule has 0 aromatic heterocycles. The van der Waals surface area contributed by atoms with E-state index < -0.39 is 5.97 Å². The molecular weight excluding hydrogens is 220 g/mol. The zero-order valence-corrected chi connectivity index (χ0v) is 9.97. The summed E-state index contributed by atoms with van der Waals surface area (Å²) in [6.07, 6.45) is 0.188. The third kappa shape index (κ3) is 4.14. The van der Waals surface area contributed by atoms with E-state index in [9.17, 15) is 9.59 Å². The Hall–Kier alpha value is -2.04. The van der Waals surface area contributed by atoms with Crippen LogP contribution in [0, 0.1) is 0 Å². The van der Waals surface area contributed by atoms with Crippen LogP contribution in [0.4, 0.5) is 5.69 Å². The van der Waals surface area contributed by atoms with Gasteiger partial charge in [0.2, 0.25) is 5.91 Å². The number of carbonyl (C=O) groups excluding carboxylic acids is 2. The fourth-order valence-corrected chi connectivity index (χ4v) is 1.16. The Morgan fingerprint density at radius 2 is 1.82 bits per heavy atom. The molecule has 1 aromatic carbocycles. The summed E-state index contributed by atoms with van der Waals surface area (Å²) in [5.74, 6) is -0.522. The molecule has 0 radical (unpaired) electrons. The van der Waals surface area contributed by atoms with Crippen LogP contribution >= 0.6 is 0 Å². The third-order valence-electron chi connectivity index (χ3n) is 2.19. The van der Waals surface area contributed by atoms with Crippen LogP contribution in [0.25, 0.3) is 0 Å². The maximum absolute atomic E-state index is 11.5. The maximum atomic E-state index is 11.5. The van der Waals surface area contributed by atoms with E-state index in [4.69, 9.17) is 10.5 Å². The molecule has 0 atom stereocenters. The first-order valence-corrected chi connectivity index (χ1v) is 5.23. The number of nitrogen functional groups attached to an aromatic ring is 1. The topological polar surface area (TPSA) is 72.6 Å². The Balaban J connectivity index is 2.40. The second-order valence-corrected chi connectivity index (χ2v) is 3.80. The predicted octanol–water partition coefficient (Wildman–Crippen LogP) is 0.904. The fraction of sp³-hybridized carbons (Fsp3) is 0.333. The van der Waals surface area contributed by atoms with Crippen molar-refractivity contribution in [3.05, 3.63) is 29.8 Å².